The average molecular weight is 139 g/mol. The molecular formula is C7H13N3. The lowest BCUT2D eigenvalue weighted by Crippen LogP contribution is -2.53. The molecule has 3 heteroatoms. The van der Waals surface area contributed by atoms with E-state index in [9.17, 15) is 0 Å². The summed E-state index contributed by atoms with van der Waals surface area (Å²) in [5.41, 5.74) is -0.293. The SMILES string of the molecule is CNC1(C#N)CCCNC1. The van der Waals surface area contributed by atoms with Crippen molar-refractivity contribution in [3.63, 3.8) is 0 Å². The van der Waals surface area contributed by atoms with Gasteiger partial charge in [0.05, 0.1) is 6.07 Å². The Bertz CT molecular complexity index is 141. The zero-order valence-corrected chi connectivity index (χ0v) is 6.28. The van der Waals surface area contributed by atoms with Crippen LogP contribution in [0.3, 0.4) is 0 Å². The molecule has 1 saturated heterocycles. The van der Waals surface area contributed by atoms with E-state index in [-0.39, 0.29) is 5.54 Å². The maximum absolute atomic E-state index is 8.79. The van der Waals surface area contributed by atoms with Gasteiger partial charge in [0.1, 0.15) is 5.54 Å². The van der Waals surface area contributed by atoms with Crippen molar-refractivity contribution in [2.45, 2.75) is 18.4 Å². The van der Waals surface area contributed by atoms with E-state index >= 15 is 0 Å². The summed E-state index contributed by atoms with van der Waals surface area (Å²) in [6, 6.07) is 2.29. The van der Waals surface area contributed by atoms with Crippen LogP contribution in [0.4, 0.5) is 0 Å². The molecule has 0 bridgehead atoms. The van der Waals surface area contributed by atoms with Crippen LogP contribution in [0.5, 0.6) is 0 Å². The maximum Gasteiger partial charge on any atom is 0.119 e. The van der Waals surface area contributed by atoms with Crippen LogP contribution < -0.4 is 10.6 Å². The normalized spacial score (nSPS) is 33.2. The minimum absolute atomic E-state index is 0.293. The first-order valence-corrected chi connectivity index (χ1v) is 3.64. The fraction of sp³-hybridized carbons (Fsp3) is 0.857. The third-order valence-corrected chi connectivity index (χ3v) is 2.08. The van der Waals surface area contributed by atoms with Crippen molar-refractivity contribution in [1.82, 2.24) is 10.6 Å². The van der Waals surface area contributed by atoms with Gasteiger partial charge in [-0.05, 0) is 26.4 Å². The van der Waals surface area contributed by atoms with Crippen LogP contribution in [0, 0.1) is 11.3 Å². The van der Waals surface area contributed by atoms with Gasteiger partial charge in [-0.25, -0.2) is 0 Å². The summed E-state index contributed by atoms with van der Waals surface area (Å²) < 4.78 is 0. The summed E-state index contributed by atoms with van der Waals surface area (Å²) in [6.07, 6.45) is 2.06. The predicted molar refractivity (Wildman–Crippen MR) is 39.5 cm³/mol. The minimum atomic E-state index is -0.293. The first-order chi connectivity index (χ1) is 4.83. The highest BCUT2D eigenvalue weighted by atomic mass is 15.0. The lowest BCUT2D eigenvalue weighted by atomic mass is 9.92. The molecule has 56 valence electrons. The van der Waals surface area contributed by atoms with Gasteiger partial charge in [0, 0.05) is 6.54 Å². The van der Waals surface area contributed by atoms with Crippen molar-refractivity contribution in [3.8, 4) is 6.07 Å². The molecule has 0 aromatic rings. The molecule has 2 N–H and O–H groups in total. The average Bonchev–Trinajstić information content (AvgIpc) is 2.06. The quantitative estimate of drug-likeness (QED) is 0.531. The lowest BCUT2D eigenvalue weighted by molar-refractivity contribution is 0.335. The van der Waals surface area contributed by atoms with Gasteiger partial charge < -0.3 is 10.6 Å². The molecule has 0 amide bonds. The molecule has 1 fully saturated rings. The summed E-state index contributed by atoms with van der Waals surface area (Å²) in [5.74, 6) is 0. The number of piperidine rings is 1. The Hall–Kier alpha value is -0.590. The molecule has 0 aromatic carbocycles. The van der Waals surface area contributed by atoms with Crippen molar-refractivity contribution in [3.05, 3.63) is 0 Å². The topological polar surface area (TPSA) is 47.9 Å². The fourth-order valence-corrected chi connectivity index (χ4v) is 1.27. The number of nitrogens with one attached hydrogen (secondary N) is 2. The van der Waals surface area contributed by atoms with Gasteiger partial charge in [0.2, 0.25) is 0 Å². The second-order valence-electron chi connectivity index (χ2n) is 2.72. The van der Waals surface area contributed by atoms with E-state index in [1.807, 2.05) is 7.05 Å². The summed E-state index contributed by atoms with van der Waals surface area (Å²) in [7, 11) is 1.84. The smallest absolute Gasteiger partial charge is 0.119 e. The second kappa shape index (κ2) is 3.00. The van der Waals surface area contributed by atoms with E-state index < -0.39 is 0 Å². The van der Waals surface area contributed by atoms with Crippen LogP contribution in [0.15, 0.2) is 0 Å². The maximum atomic E-state index is 8.79. The van der Waals surface area contributed by atoms with Crippen molar-refractivity contribution in [2.75, 3.05) is 20.1 Å². The van der Waals surface area contributed by atoms with E-state index in [1.54, 1.807) is 0 Å². The second-order valence-corrected chi connectivity index (χ2v) is 2.72. The van der Waals surface area contributed by atoms with Crippen LogP contribution in [-0.2, 0) is 0 Å². The zero-order valence-electron chi connectivity index (χ0n) is 6.28. The van der Waals surface area contributed by atoms with Gasteiger partial charge >= 0.3 is 0 Å². The Morgan fingerprint density at radius 3 is 2.80 bits per heavy atom. The van der Waals surface area contributed by atoms with Crippen LogP contribution >= 0.6 is 0 Å². The third kappa shape index (κ3) is 1.28. The fourth-order valence-electron chi connectivity index (χ4n) is 1.27. The molecule has 0 aromatic heterocycles. The standard InChI is InChI=1S/C7H13N3/c1-9-7(5-8)3-2-4-10-6-7/h9-10H,2-4,6H2,1H3. The molecular weight excluding hydrogens is 126 g/mol. The molecule has 0 spiro atoms. The van der Waals surface area contributed by atoms with Crippen LogP contribution in [0.2, 0.25) is 0 Å². The Balaban J connectivity index is 2.55. The van der Waals surface area contributed by atoms with Crippen molar-refractivity contribution < 1.29 is 0 Å². The van der Waals surface area contributed by atoms with Gasteiger partial charge in [0.25, 0.3) is 0 Å². The van der Waals surface area contributed by atoms with Gasteiger partial charge in [-0.1, -0.05) is 0 Å². The Kier molecular flexibility index (Phi) is 2.25. The highest BCUT2D eigenvalue weighted by Gasteiger charge is 2.29. The molecule has 1 aliphatic heterocycles. The van der Waals surface area contributed by atoms with Gasteiger partial charge in [0.15, 0.2) is 0 Å². The number of hydrogen-bond donors (Lipinski definition) is 2. The monoisotopic (exact) mass is 139 g/mol. The van der Waals surface area contributed by atoms with Crippen molar-refractivity contribution in [2.24, 2.45) is 0 Å². The summed E-state index contributed by atoms with van der Waals surface area (Å²) in [4.78, 5) is 0. The van der Waals surface area contributed by atoms with E-state index in [0.29, 0.717) is 0 Å². The Morgan fingerprint density at radius 2 is 2.50 bits per heavy atom. The van der Waals surface area contributed by atoms with Gasteiger partial charge in [-0.15, -0.1) is 0 Å². The third-order valence-electron chi connectivity index (χ3n) is 2.08. The predicted octanol–water partition coefficient (Wildman–Crippen LogP) is -0.148. The molecule has 3 nitrogen and oxygen atoms in total. The molecule has 0 radical (unpaired) electrons. The lowest BCUT2D eigenvalue weighted by Gasteiger charge is -2.30. The largest absolute Gasteiger partial charge is 0.314 e. The summed E-state index contributed by atoms with van der Waals surface area (Å²) in [5, 5.41) is 15.0. The first kappa shape index (κ1) is 7.52. The number of nitrogens with zero attached hydrogens (tertiary/aromatic N) is 1. The van der Waals surface area contributed by atoms with E-state index in [2.05, 4.69) is 16.7 Å². The molecule has 1 heterocycles. The summed E-state index contributed by atoms with van der Waals surface area (Å²) >= 11 is 0. The Labute approximate surface area is 61.4 Å². The van der Waals surface area contributed by atoms with Gasteiger partial charge in [-0.3, -0.25) is 0 Å². The van der Waals surface area contributed by atoms with Crippen LogP contribution in [-0.4, -0.2) is 25.7 Å². The van der Waals surface area contributed by atoms with E-state index in [0.717, 1.165) is 25.9 Å². The number of likely N-dealkylation sites (N-methyl/N-ethyl adjacent to an activating group) is 1. The zero-order chi connectivity index (χ0) is 7.45. The number of rotatable bonds is 1. The summed E-state index contributed by atoms with van der Waals surface area (Å²) in [6.45, 7) is 1.82. The first-order valence-electron chi connectivity index (χ1n) is 3.64. The van der Waals surface area contributed by atoms with E-state index in [4.69, 9.17) is 5.26 Å². The molecule has 1 rings (SSSR count). The Morgan fingerprint density at radius 1 is 1.70 bits per heavy atom. The van der Waals surface area contributed by atoms with Crippen molar-refractivity contribution in [1.29, 1.82) is 5.26 Å². The number of nitriles is 1. The molecule has 0 aliphatic carbocycles. The molecule has 10 heavy (non-hydrogen) atoms. The van der Waals surface area contributed by atoms with Crippen molar-refractivity contribution >= 4 is 0 Å². The van der Waals surface area contributed by atoms with Crippen LogP contribution in [0.1, 0.15) is 12.8 Å². The van der Waals surface area contributed by atoms with Crippen LogP contribution in [0.25, 0.3) is 0 Å². The molecule has 1 atom stereocenters. The molecule has 1 unspecified atom stereocenters. The molecule has 0 saturated carbocycles. The highest BCUT2D eigenvalue weighted by molar-refractivity contribution is 5.09. The van der Waals surface area contributed by atoms with E-state index in [1.165, 1.54) is 0 Å². The van der Waals surface area contributed by atoms with Gasteiger partial charge in [-0.2, -0.15) is 5.26 Å². The highest BCUT2D eigenvalue weighted by Crippen LogP contribution is 2.13. The number of hydrogen-bond acceptors (Lipinski definition) is 3. The molecule has 1 aliphatic rings. The minimum Gasteiger partial charge on any atom is -0.314 e.